The fraction of sp³-hybridized carbons (Fsp3) is 0.400. The van der Waals surface area contributed by atoms with Crippen molar-refractivity contribution in [2.24, 2.45) is 0 Å². The van der Waals surface area contributed by atoms with Crippen LogP contribution in [0.25, 0.3) is 0 Å². The zero-order chi connectivity index (χ0) is 8.81. The van der Waals surface area contributed by atoms with Crippen molar-refractivity contribution in [3.8, 4) is 0 Å². The SMILES string of the molecule is [CH2]CCCCC(=O)c1cccs1. The largest absolute Gasteiger partial charge is 0.293 e. The summed E-state index contributed by atoms with van der Waals surface area (Å²) < 4.78 is 0. The van der Waals surface area contributed by atoms with Crippen LogP contribution in [-0.4, -0.2) is 5.78 Å². The summed E-state index contributed by atoms with van der Waals surface area (Å²) in [7, 11) is 0. The molecule has 0 fully saturated rings. The van der Waals surface area contributed by atoms with E-state index >= 15 is 0 Å². The summed E-state index contributed by atoms with van der Waals surface area (Å²) in [5.74, 6) is 0.276. The Bertz CT molecular complexity index is 226. The van der Waals surface area contributed by atoms with Gasteiger partial charge in [0.1, 0.15) is 0 Å². The number of ketones is 1. The average molecular weight is 181 g/mol. The van der Waals surface area contributed by atoms with E-state index in [-0.39, 0.29) is 5.78 Å². The standard InChI is InChI=1S/C10H13OS/c1-2-3-4-6-9(11)10-7-5-8-12-10/h5,7-8H,1-4,6H2. The maximum atomic E-state index is 11.4. The van der Waals surface area contributed by atoms with E-state index in [4.69, 9.17) is 0 Å². The third-order valence-corrected chi connectivity index (χ3v) is 2.61. The maximum absolute atomic E-state index is 11.4. The Morgan fingerprint density at radius 2 is 2.33 bits per heavy atom. The summed E-state index contributed by atoms with van der Waals surface area (Å²) in [5, 5.41) is 1.94. The van der Waals surface area contributed by atoms with E-state index in [9.17, 15) is 4.79 Å². The highest BCUT2D eigenvalue weighted by molar-refractivity contribution is 7.12. The second-order valence-corrected chi connectivity index (χ2v) is 3.66. The molecule has 0 aliphatic rings. The van der Waals surface area contributed by atoms with Crippen molar-refractivity contribution in [3.05, 3.63) is 29.3 Å². The minimum absolute atomic E-state index is 0.276. The molecule has 65 valence electrons. The van der Waals surface area contributed by atoms with Crippen molar-refractivity contribution in [1.82, 2.24) is 0 Å². The number of carbonyl (C=O) groups is 1. The van der Waals surface area contributed by atoms with Crippen molar-refractivity contribution < 1.29 is 4.79 Å². The molecule has 1 radical (unpaired) electrons. The molecule has 0 N–H and O–H groups in total. The molecule has 1 heterocycles. The van der Waals surface area contributed by atoms with Gasteiger partial charge in [-0.2, -0.15) is 0 Å². The van der Waals surface area contributed by atoms with Gasteiger partial charge >= 0.3 is 0 Å². The summed E-state index contributed by atoms with van der Waals surface area (Å²) >= 11 is 1.52. The van der Waals surface area contributed by atoms with Gasteiger partial charge in [-0.25, -0.2) is 0 Å². The predicted molar refractivity (Wildman–Crippen MR) is 52.5 cm³/mol. The topological polar surface area (TPSA) is 17.1 Å². The van der Waals surface area contributed by atoms with Crippen LogP contribution in [0.5, 0.6) is 0 Å². The van der Waals surface area contributed by atoms with E-state index in [1.807, 2.05) is 17.5 Å². The fourth-order valence-electron chi connectivity index (χ4n) is 1.02. The highest BCUT2D eigenvalue weighted by atomic mass is 32.1. The molecule has 0 unspecified atom stereocenters. The molecule has 1 rings (SSSR count). The van der Waals surface area contributed by atoms with Crippen LogP contribution in [-0.2, 0) is 0 Å². The maximum Gasteiger partial charge on any atom is 0.172 e. The van der Waals surface area contributed by atoms with Crippen LogP contribution >= 0.6 is 11.3 Å². The summed E-state index contributed by atoms with van der Waals surface area (Å²) in [6.07, 6.45) is 3.63. The third kappa shape index (κ3) is 2.78. The molecule has 0 bridgehead atoms. The number of Topliss-reactive ketones (excluding diaryl/α,β-unsaturated/α-hetero) is 1. The van der Waals surface area contributed by atoms with Crippen molar-refractivity contribution in [1.29, 1.82) is 0 Å². The van der Waals surface area contributed by atoms with Crippen LogP contribution in [0.4, 0.5) is 0 Å². The lowest BCUT2D eigenvalue weighted by molar-refractivity contribution is 0.0983. The first-order chi connectivity index (χ1) is 5.84. The lowest BCUT2D eigenvalue weighted by atomic mass is 10.1. The van der Waals surface area contributed by atoms with Gasteiger partial charge in [0.2, 0.25) is 0 Å². The highest BCUT2D eigenvalue weighted by Crippen LogP contribution is 2.13. The van der Waals surface area contributed by atoms with Gasteiger partial charge in [0, 0.05) is 6.42 Å². The molecule has 0 atom stereocenters. The summed E-state index contributed by atoms with van der Waals surface area (Å²) in [4.78, 5) is 12.3. The van der Waals surface area contributed by atoms with Crippen molar-refractivity contribution in [2.45, 2.75) is 25.7 Å². The van der Waals surface area contributed by atoms with Crippen molar-refractivity contribution in [3.63, 3.8) is 0 Å². The van der Waals surface area contributed by atoms with Crippen LogP contribution in [0.15, 0.2) is 17.5 Å². The fourth-order valence-corrected chi connectivity index (χ4v) is 1.72. The first kappa shape index (κ1) is 9.46. The zero-order valence-electron chi connectivity index (χ0n) is 7.08. The molecule has 1 aromatic heterocycles. The second-order valence-electron chi connectivity index (χ2n) is 2.71. The van der Waals surface area contributed by atoms with E-state index in [0.717, 1.165) is 24.1 Å². The smallest absolute Gasteiger partial charge is 0.172 e. The number of carbonyl (C=O) groups excluding carboxylic acids is 1. The lowest BCUT2D eigenvalue weighted by Gasteiger charge is -1.95. The van der Waals surface area contributed by atoms with Gasteiger partial charge in [-0.1, -0.05) is 25.8 Å². The molecule has 1 aromatic rings. The number of hydrogen-bond acceptors (Lipinski definition) is 2. The van der Waals surface area contributed by atoms with Gasteiger partial charge in [0.15, 0.2) is 5.78 Å². The van der Waals surface area contributed by atoms with Gasteiger partial charge in [-0.3, -0.25) is 4.79 Å². The first-order valence-electron chi connectivity index (χ1n) is 4.20. The number of rotatable bonds is 5. The Morgan fingerprint density at radius 3 is 2.92 bits per heavy atom. The van der Waals surface area contributed by atoms with E-state index < -0.39 is 0 Å². The molecule has 0 aliphatic carbocycles. The Hall–Kier alpha value is -0.630. The number of thiophene rings is 1. The summed E-state index contributed by atoms with van der Waals surface area (Å²) in [5.41, 5.74) is 0. The summed E-state index contributed by atoms with van der Waals surface area (Å²) in [6, 6.07) is 3.80. The van der Waals surface area contributed by atoms with Gasteiger partial charge in [0.05, 0.1) is 4.88 Å². The molecular formula is C10H13OS. The molecule has 0 amide bonds. The molecular weight excluding hydrogens is 168 g/mol. The van der Waals surface area contributed by atoms with Crippen LogP contribution in [0, 0.1) is 6.92 Å². The van der Waals surface area contributed by atoms with E-state index in [1.165, 1.54) is 11.3 Å². The Morgan fingerprint density at radius 1 is 1.50 bits per heavy atom. The van der Waals surface area contributed by atoms with Crippen LogP contribution in [0.3, 0.4) is 0 Å². The van der Waals surface area contributed by atoms with Crippen LogP contribution in [0.2, 0.25) is 0 Å². The molecule has 0 spiro atoms. The first-order valence-corrected chi connectivity index (χ1v) is 5.08. The van der Waals surface area contributed by atoms with Gasteiger partial charge in [-0.15, -0.1) is 11.3 Å². The Kier molecular flexibility index (Phi) is 4.01. The van der Waals surface area contributed by atoms with Gasteiger partial charge in [-0.05, 0) is 17.9 Å². The number of hydrogen-bond donors (Lipinski definition) is 0. The van der Waals surface area contributed by atoms with E-state index in [0.29, 0.717) is 6.42 Å². The second kappa shape index (κ2) is 5.09. The molecule has 0 saturated heterocycles. The minimum atomic E-state index is 0.276. The van der Waals surface area contributed by atoms with Gasteiger partial charge < -0.3 is 0 Å². The van der Waals surface area contributed by atoms with Crippen LogP contribution in [0.1, 0.15) is 35.4 Å². The number of unbranched alkanes of at least 4 members (excludes halogenated alkanes) is 2. The van der Waals surface area contributed by atoms with Gasteiger partial charge in [0.25, 0.3) is 0 Å². The molecule has 12 heavy (non-hydrogen) atoms. The molecule has 1 nitrogen and oxygen atoms in total. The minimum Gasteiger partial charge on any atom is -0.293 e. The average Bonchev–Trinajstić information content (AvgIpc) is 2.56. The van der Waals surface area contributed by atoms with Crippen LogP contribution < -0.4 is 0 Å². The quantitative estimate of drug-likeness (QED) is 0.503. The van der Waals surface area contributed by atoms with Crippen molar-refractivity contribution >= 4 is 17.1 Å². The zero-order valence-corrected chi connectivity index (χ0v) is 7.90. The molecule has 0 saturated carbocycles. The van der Waals surface area contributed by atoms with E-state index in [1.54, 1.807) is 0 Å². The van der Waals surface area contributed by atoms with E-state index in [2.05, 4.69) is 6.92 Å². The Balaban J connectivity index is 2.30. The molecule has 0 aromatic carbocycles. The third-order valence-electron chi connectivity index (χ3n) is 1.70. The summed E-state index contributed by atoms with van der Waals surface area (Å²) in [6.45, 7) is 3.74. The molecule has 0 aliphatic heterocycles. The normalized spacial score (nSPS) is 10.1. The predicted octanol–water partition coefficient (Wildman–Crippen LogP) is 3.33. The monoisotopic (exact) mass is 181 g/mol. The Labute approximate surface area is 77.4 Å². The van der Waals surface area contributed by atoms with Crippen molar-refractivity contribution in [2.75, 3.05) is 0 Å². The highest BCUT2D eigenvalue weighted by Gasteiger charge is 2.04. The lowest BCUT2D eigenvalue weighted by Crippen LogP contribution is -1.94. The molecule has 2 heteroatoms.